The average molecular weight is 369 g/mol. The van der Waals surface area contributed by atoms with E-state index in [-0.39, 0.29) is 11.2 Å². The van der Waals surface area contributed by atoms with E-state index < -0.39 is 0 Å². The molecule has 2 nitrogen and oxygen atoms in total. The molecule has 0 fully saturated rings. The highest BCUT2D eigenvalue weighted by atomic mass is 127. The molecule has 1 heterocycles. The van der Waals surface area contributed by atoms with E-state index in [9.17, 15) is 4.39 Å². The Bertz CT molecular complexity index is 515. The number of benzene rings is 1. The van der Waals surface area contributed by atoms with E-state index in [0.29, 0.717) is 0 Å². The van der Waals surface area contributed by atoms with Gasteiger partial charge in [0.15, 0.2) is 0 Å². The summed E-state index contributed by atoms with van der Waals surface area (Å²) >= 11 is 9.43. The molecule has 2 rings (SSSR count). The molecule has 0 saturated heterocycles. The fourth-order valence-corrected chi connectivity index (χ4v) is 3.07. The summed E-state index contributed by atoms with van der Waals surface area (Å²) in [6, 6.07) is 4.60. The summed E-state index contributed by atoms with van der Waals surface area (Å²) in [5.74, 6) is -0.247. The van der Waals surface area contributed by atoms with Gasteiger partial charge in [-0.1, -0.05) is 11.3 Å². The van der Waals surface area contributed by atoms with Crippen molar-refractivity contribution in [2.45, 2.75) is 12.3 Å². The van der Waals surface area contributed by atoms with E-state index in [4.69, 9.17) is 11.6 Å². The molecule has 0 aliphatic rings. The van der Waals surface area contributed by atoms with Gasteiger partial charge < -0.3 is 0 Å². The summed E-state index contributed by atoms with van der Waals surface area (Å²) in [7, 11) is 0. The molecule has 1 aromatic carbocycles. The van der Waals surface area contributed by atoms with Crippen molar-refractivity contribution in [3.05, 3.63) is 32.6 Å². The second-order valence-corrected chi connectivity index (χ2v) is 6.01. The van der Waals surface area contributed by atoms with Crippen LogP contribution in [0.15, 0.2) is 18.2 Å². The Kier molecular flexibility index (Phi) is 3.76. The Morgan fingerprint density at radius 2 is 2.19 bits per heavy atom. The molecule has 0 radical (unpaired) electrons. The molecule has 6 heteroatoms. The van der Waals surface area contributed by atoms with Gasteiger partial charge in [0.25, 0.3) is 0 Å². The maximum atomic E-state index is 12.9. The van der Waals surface area contributed by atoms with Crippen LogP contribution in [0.5, 0.6) is 0 Å². The number of nitrogens with zero attached hydrogens (tertiary/aromatic N) is 2. The predicted octanol–water partition coefficient (Wildman–Crippen LogP) is 4.25. The van der Waals surface area contributed by atoms with Crippen LogP contribution in [0, 0.1) is 9.39 Å². The molecule has 0 aliphatic heterocycles. The number of hydrogen-bond donors (Lipinski definition) is 0. The van der Waals surface area contributed by atoms with Crippen molar-refractivity contribution < 1.29 is 4.39 Å². The molecule has 0 spiro atoms. The van der Waals surface area contributed by atoms with Gasteiger partial charge in [-0.3, -0.25) is 0 Å². The van der Waals surface area contributed by atoms with E-state index >= 15 is 0 Å². The van der Waals surface area contributed by atoms with Crippen molar-refractivity contribution >= 4 is 45.5 Å². The number of hydrogen-bond acceptors (Lipinski definition) is 3. The average Bonchev–Trinajstić information content (AvgIpc) is 2.66. The Morgan fingerprint density at radius 3 is 2.75 bits per heavy atom. The molecule has 0 N–H and O–H groups in total. The third-order valence-corrected chi connectivity index (χ3v) is 4.31. The Balaban J connectivity index is 2.42. The van der Waals surface area contributed by atoms with E-state index in [1.807, 2.05) is 6.92 Å². The first kappa shape index (κ1) is 12.2. The molecule has 0 aliphatic carbocycles. The predicted molar refractivity (Wildman–Crippen MR) is 72.3 cm³/mol. The summed E-state index contributed by atoms with van der Waals surface area (Å²) in [5, 5.41) is 9.45. The molecule has 2 aromatic rings. The van der Waals surface area contributed by atoms with E-state index in [2.05, 4.69) is 32.8 Å². The summed E-state index contributed by atoms with van der Waals surface area (Å²) in [4.78, 5) is 0. The molecule has 84 valence electrons. The quantitative estimate of drug-likeness (QED) is 0.585. The topological polar surface area (TPSA) is 25.8 Å². The third-order valence-electron chi connectivity index (χ3n) is 1.94. The fourth-order valence-electron chi connectivity index (χ4n) is 1.17. The van der Waals surface area contributed by atoms with Gasteiger partial charge in [-0.25, -0.2) is 4.39 Å². The molecule has 1 unspecified atom stereocenters. The van der Waals surface area contributed by atoms with Gasteiger partial charge in [-0.15, -0.1) is 21.8 Å². The first-order valence-corrected chi connectivity index (χ1v) is 6.84. The van der Waals surface area contributed by atoms with Crippen molar-refractivity contribution in [1.29, 1.82) is 0 Å². The smallest absolute Gasteiger partial charge is 0.148 e. The molecule has 0 saturated carbocycles. The summed E-state index contributed by atoms with van der Waals surface area (Å²) in [5.41, 5.74) is 0.892. The number of rotatable bonds is 2. The van der Waals surface area contributed by atoms with Gasteiger partial charge in [0.2, 0.25) is 0 Å². The summed E-state index contributed by atoms with van der Waals surface area (Å²) in [6.45, 7) is 1.85. The minimum Gasteiger partial charge on any atom is -0.207 e. The van der Waals surface area contributed by atoms with Gasteiger partial charge in [0.05, 0.1) is 5.38 Å². The second kappa shape index (κ2) is 4.93. The lowest BCUT2D eigenvalue weighted by atomic mass is 10.2. The normalized spacial score (nSPS) is 12.8. The van der Waals surface area contributed by atoms with Crippen molar-refractivity contribution in [2.75, 3.05) is 0 Å². The van der Waals surface area contributed by atoms with Gasteiger partial charge in [0.1, 0.15) is 15.8 Å². The highest BCUT2D eigenvalue weighted by Crippen LogP contribution is 2.31. The zero-order valence-corrected chi connectivity index (χ0v) is 12.0. The maximum absolute atomic E-state index is 12.9. The van der Waals surface area contributed by atoms with Crippen LogP contribution in [0.3, 0.4) is 0 Å². The lowest BCUT2D eigenvalue weighted by Gasteiger charge is -1.99. The van der Waals surface area contributed by atoms with Crippen LogP contribution in [0.25, 0.3) is 10.6 Å². The Labute approximate surface area is 115 Å². The van der Waals surface area contributed by atoms with Crippen LogP contribution in [0.1, 0.15) is 17.3 Å². The summed E-state index contributed by atoms with van der Waals surface area (Å²) < 4.78 is 13.8. The van der Waals surface area contributed by atoms with Crippen LogP contribution in [-0.4, -0.2) is 10.2 Å². The van der Waals surface area contributed by atoms with Crippen molar-refractivity contribution in [1.82, 2.24) is 10.2 Å². The van der Waals surface area contributed by atoms with E-state index in [1.165, 1.54) is 23.5 Å². The van der Waals surface area contributed by atoms with Crippen LogP contribution in [0.4, 0.5) is 4.39 Å². The first-order valence-electron chi connectivity index (χ1n) is 4.51. The van der Waals surface area contributed by atoms with Gasteiger partial charge >= 0.3 is 0 Å². The van der Waals surface area contributed by atoms with Gasteiger partial charge in [0, 0.05) is 9.13 Å². The minimum absolute atomic E-state index is 0.149. The zero-order chi connectivity index (χ0) is 11.7. The largest absolute Gasteiger partial charge is 0.207 e. The Morgan fingerprint density at radius 1 is 1.44 bits per heavy atom. The lowest BCUT2D eigenvalue weighted by Crippen LogP contribution is -1.84. The molecule has 0 amide bonds. The third kappa shape index (κ3) is 2.52. The zero-order valence-electron chi connectivity index (χ0n) is 8.25. The van der Waals surface area contributed by atoms with Crippen molar-refractivity contribution in [3.63, 3.8) is 0 Å². The first-order chi connectivity index (χ1) is 7.58. The highest BCUT2D eigenvalue weighted by molar-refractivity contribution is 14.1. The van der Waals surface area contributed by atoms with Crippen molar-refractivity contribution in [3.8, 4) is 10.6 Å². The monoisotopic (exact) mass is 368 g/mol. The molecule has 16 heavy (non-hydrogen) atoms. The van der Waals surface area contributed by atoms with Crippen LogP contribution in [0.2, 0.25) is 0 Å². The molecular weight excluding hydrogens is 362 g/mol. The van der Waals surface area contributed by atoms with Crippen LogP contribution < -0.4 is 0 Å². The molecule has 0 bridgehead atoms. The number of aromatic nitrogens is 2. The molecule has 1 atom stereocenters. The number of halogens is 3. The standard InChI is InChI=1S/C10H7ClFIN2S/c1-5(11)9-14-15-10(16-9)7-3-2-6(12)4-8(7)13/h2-5H,1H3. The molecule has 1 aromatic heterocycles. The second-order valence-electron chi connectivity index (χ2n) is 3.19. The maximum Gasteiger partial charge on any atom is 0.148 e. The SMILES string of the molecule is CC(Cl)c1nnc(-c2ccc(F)cc2I)s1. The Hall–Kier alpha value is -0.270. The number of alkyl halides is 1. The highest BCUT2D eigenvalue weighted by Gasteiger charge is 2.13. The van der Waals surface area contributed by atoms with Crippen LogP contribution in [-0.2, 0) is 0 Å². The van der Waals surface area contributed by atoms with E-state index in [1.54, 1.807) is 6.07 Å². The van der Waals surface area contributed by atoms with Crippen LogP contribution >= 0.6 is 45.5 Å². The minimum atomic E-state index is -0.247. The summed E-state index contributed by atoms with van der Waals surface area (Å²) in [6.07, 6.45) is 0. The fraction of sp³-hybridized carbons (Fsp3) is 0.200. The lowest BCUT2D eigenvalue weighted by molar-refractivity contribution is 0.627. The van der Waals surface area contributed by atoms with Gasteiger partial charge in [-0.2, -0.15) is 0 Å². The molecular formula is C10H7ClFIN2S. The van der Waals surface area contributed by atoms with Crippen molar-refractivity contribution in [2.24, 2.45) is 0 Å². The van der Waals surface area contributed by atoms with Gasteiger partial charge in [-0.05, 0) is 47.7 Å². The van der Waals surface area contributed by atoms with E-state index in [0.717, 1.165) is 19.1 Å².